The number of hydrogen-bond donors (Lipinski definition) is 1. The lowest BCUT2D eigenvalue weighted by Gasteiger charge is -2.22. The minimum atomic E-state index is -3.70. The van der Waals surface area contributed by atoms with Crippen molar-refractivity contribution < 1.29 is 12.8 Å². The molecule has 9 heteroatoms. The molecule has 3 heterocycles. The van der Waals surface area contributed by atoms with Gasteiger partial charge in [0.1, 0.15) is 17.2 Å². The molecule has 1 N–H and O–H groups in total. The quantitative estimate of drug-likeness (QED) is 0.747. The van der Waals surface area contributed by atoms with Crippen molar-refractivity contribution in [2.75, 3.05) is 6.54 Å². The van der Waals surface area contributed by atoms with Crippen molar-refractivity contribution in [3.63, 3.8) is 0 Å². The van der Waals surface area contributed by atoms with E-state index in [1.807, 2.05) is 0 Å². The van der Waals surface area contributed by atoms with Gasteiger partial charge in [0.05, 0.1) is 5.52 Å². The van der Waals surface area contributed by atoms with Gasteiger partial charge in [-0.2, -0.15) is 9.40 Å². The SMILES string of the molecule is Cc1cc(F)c2[nH]c(S(=O)(=O)N3CCCC34CC4)cc2c1-c1ncn(C)n1. The van der Waals surface area contributed by atoms with Crippen LogP contribution in [0.25, 0.3) is 22.3 Å². The van der Waals surface area contributed by atoms with Crippen molar-refractivity contribution in [2.24, 2.45) is 7.05 Å². The molecule has 27 heavy (non-hydrogen) atoms. The fourth-order valence-corrected chi connectivity index (χ4v) is 6.19. The van der Waals surface area contributed by atoms with Gasteiger partial charge >= 0.3 is 0 Å². The molecular formula is C18H20FN5O2S. The third kappa shape index (κ3) is 2.37. The van der Waals surface area contributed by atoms with Crippen LogP contribution in [0.5, 0.6) is 0 Å². The highest BCUT2D eigenvalue weighted by Crippen LogP contribution is 2.51. The van der Waals surface area contributed by atoms with Crippen molar-refractivity contribution in [2.45, 2.75) is 43.2 Å². The zero-order valence-electron chi connectivity index (χ0n) is 15.2. The first kappa shape index (κ1) is 16.9. The fourth-order valence-electron chi connectivity index (χ4n) is 4.30. The van der Waals surface area contributed by atoms with Gasteiger partial charge in [-0.25, -0.2) is 17.8 Å². The van der Waals surface area contributed by atoms with E-state index >= 15 is 0 Å². The zero-order valence-corrected chi connectivity index (χ0v) is 16.0. The van der Waals surface area contributed by atoms with Crippen LogP contribution in [0.2, 0.25) is 0 Å². The Balaban J connectivity index is 1.71. The molecule has 5 rings (SSSR count). The summed E-state index contributed by atoms with van der Waals surface area (Å²) in [5.74, 6) is -0.0334. The topological polar surface area (TPSA) is 83.9 Å². The molecule has 1 aliphatic heterocycles. The molecular weight excluding hydrogens is 369 g/mol. The van der Waals surface area contributed by atoms with Crippen LogP contribution in [0.3, 0.4) is 0 Å². The Bertz CT molecular complexity index is 1180. The first-order chi connectivity index (χ1) is 12.8. The number of fused-ring (bicyclic) bond motifs is 1. The minimum absolute atomic E-state index is 0.0346. The first-order valence-corrected chi connectivity index (χ1v) is 10.5. The van der Waals surface area contributed by atoms with Crippen molar-refractivity contribution in [1.29, 1.82) is 0 Å². The monoisotopic (exact) mass is 389 g/mol. The molecule has 2 fully saturated rings. The number of benzene rings is 1. The molecule has 0 bridgehead atoms. The standard InChI is InChI=1S/C18H20FN5O2S/c1-11-8-13(19)16-12(15(11)17-20-10-23(2)22-17)9-14(21-16)27(25,26)24-7-3-4-18(24)5-6-18/h8-10,21H,3-7H2,1-2H3. The molecule has 0 unspecified atom stereocenters. The van der Waals surface area contributed by atoms with Crippen molar-refractivity contribution in [1.82, 2.24) is 24.1 Å². The van der Waals surface area contributed by atoms with E-state index in [9.17, 15) is 12.8 Å². The highest BCUT2D eigenvalue weighted by molar-refractivity contribution is 7.89. The van der Waals surface area contributed by atoms with Gasteiger partial charge in [-0.3, -0.25) is 4.68 Å². The molecule has 1 spiro atoms. The van der Waals surface area contributed by atoms with Crippen LogP contribution in [0.4, 0.5) is 4.39 Å². The maximum Gasteiger partial charge on any atom is 0.259 e. The predicted molar refractivity (Wildman–Crippen MR) is 98.1 cm³/mol. The van der Waals surface area contributed by atoms with E-state index in [4.69, 9.17) is 0 Å². The van der Waals surface area contributed by atoms with Crippen LogP contribution in [-0.4, -0.2) is 44.6 Å². The third-order valence-corrected chi connectivity index (χ3v) is 7.72. The average molecular weight is 389 g/mol. The second kappa shape index (κ2) is 5.39. The lowest BCUT2D eigenvalue weighted by Crippen LogP contribution is -2.37. The van der Waals surface area contributed by atoms with E-state index in [1.54, 1.807) is 29.3 Å². The van der Waals surface area contributed by atoms with E-state index in [0.29, 0.717) is 28.9 Å². The van der Waals surface area contributed by atoms with Gasteiger partial charge < -0.3 is 4.98 Å². The number of rotatable bonds is 3. The molecule has 1 saturated heterocycles. The molecule has 0 radical (unpaired) electrons. The Hall–Kier alpha value is -2.26. The highest BCUT2D eigenvalue weighted by Gasteiger charge is 2.55. The summed E-state index contributed by atoms with van der Waals surface area (Å²) in [5.41, 5.74) is 1.27. The number of nitrogens with zero attached hydrogens (tertiary/aromatic N) is 4. The normalized spacial score (nSPS) is 19.4. The molecule has 1 aliphatic carbocycles. The van der Waals surface area contributed by atoms with Gasteiger partial charge in [-0.15, -0.1) is 0 Å². The molecule has 142 valence electrons. The predicted octanol–water partition coefficient (Wildman–Crippen LogP) is 2.73. The van der Waals surface area contributed by atoms with E-state index < -0.39 is 15.8 Å². The van der Waals surface area contributed by atoms with Crippen LogP contribution in [0.1, 0.15) is 31.2 Å². The summed E-state index contributed by atoms with van der Waals surface area (Å²) in [6.45, 7) is 2.29. The summed E-state index contributed by atoms with van der Waals surface area (Å²) in [4.78, 5) is 7.09. The van der Waals surface area contributed by atoms with E-state index in [0.717, 1.165) is 25.7 Å². The number of sulfonamides is 1. The van der Waals surface area contributed by atoms with E-state index in [2.05, 4.69) is 15.1 Å². The van der Waals surface area contributed by atoms with Crippen LogP contribution in [-0.2, 0) is 17.1 Å². The summed E-state index contributed by atoms with van der Waals surface area (Å²) in [6, 6.07) is 2.92. The molecule has 7 nitrogen and oxygen atoms in total. The summed E-state index contributed by atoms with van der Waals surface area (Å²) < 4.78 is 44.3. The number of nitrogens with one attached hydrogen (secondary N) is 1. The van der Waals surface area contributed by atoms with Crippen molar-refractivity contribution >= 4 is 20.9 Å². The Morgan fingerprint density at radius 2 is 2.04 bits per heavy atom. The number of halogens is 1. The summed E-state index contributed by atoms with van der Waals surface area (Å²) in [7, 11) is -1.95. The number of hydrogen-bond acceptors (Lipinski definition) is 4. The first-order valence-electron chi connectivity index (χ1n) is 9.03. The van der Waals surface area contributed by atoms with Gasteiger partial charge in [-0.1, -0.05) is 0 Å². The lowest BCUT2D eigenvalue weighted by atomic mass is 10.0. The van der Waals surface area contributed by atoms with Crippen LogP contribution >= 0.6 is 0 Å². The maximum absolute atomic E-state index is 14.6. The Morgan fingerprint density at radius 1 is 1.26 bits per heavy atom. The number of H-pyrrole nitrogens is 1. The molecule has 2 aromatic heterocycles. The molecule has 0 amide bonds. The zero-order chi connectivity index (χ0) is 19.0. The largest absolute Gasteiger partial charge is 0.342 e. The Morgan fingerprint density at radius 3 is 2.70 bits per heavy atom. The van der Waals surface area contributed by atoms with Gasteiger partial charge in [0.25, 0.3) is 10.0 Å². The van der Waals surface area contributed by atoms with Gasteiger partial charge in [-0.05, 0) is 50.3 Å². The molecule has 3 aromatic rings. The highest BCUT2D eigenvalue weighted by atomic mass is 32.2. The second-order valence-corrected chi connectivity index (χ2v) is 9.45. The van der Waals surface area contributed by atoms with Crippen LogP contribution in [0, 0.1) is 12.7 Å². The third-order valence-electron chi connectivity index (χ3n) is 5.79. The Labute approximate surface area is 156 Å². The van der Waals surface area contributed by atoms with E-state index in [1.165, 1.54) is 12.1 Å². The number of aromatic nitrogens is 4. The summed E-state index contributed by atoms with van der Waals surface area (Å²) >= 11 is 0. The number of aromatic amines is 1. The molecule has 2 aliphatic rings. The second-order valence-electron chi connectivity index (χ2n) is 7.62. The number of aryl methyl sites for hydroxylation is 2. The van der Waals surface area contributed by atoms with Gasteiger partial charge in [0.15, 0.2) is 5.82 Å². The molecule has 1 aromatic carbocycles. The van der Waals surface area contributed by atoms with Crippen LogP contribution < -0.4 is 0 Å². The molecule has 1 saturated carbocycles. The molecule has 0 atom stereocenters. The van der Waals surface area contributed by atoms with Gasteiger partial charge in [0.2, 0.25) is 0 Å². The van der Waals surface area contributed by atoms with Gasteiger partial charge in [0, 0.05) is 30.1 Å². The summed E-state index contributed by atoms with van der Waals surface area (Å²) in [5, 5.41) is 4.83. The lowest BCUT2D eigenvalue weighted by molar-refractivity contribution is 0.370. The maximum atomic E-state index is 14.6. The van der Waals surface area contributed by atoms with Crippen LogP contribution in [0.15, 0.2) is 23.5 Å². The minimum Gasteiger partial charge on any atom is -0.342 e. The van der Waals surface area contributed by atoms with Crippen molar-refractivity contribution in [3.05, 3.63) is 29.8 Å². The smallest absolute Gasteiger partial charge is 0.259 e. The van der Waals surface area contributed by atoms with E-state index in [-0.39, 0.29) is 16.1 Å². The average Bonchev–Trinajstić information content (AvgIpc) is 2.97. The fraction of sp³-hybridized carbons (Fsp3) is 0.444. The van der Waals surface area contributed by atoms with Crippen molar-refractivity contribution in [3.8, 4) is 11.4 Å². The summed E-state index contributed by atoms with van der Waals surface area (Å²) in [6.07, 6.45) is 5.15. The Kier molecular flexibility index (Phi) is 3.37.